The summed E-state index contributed by atoms with van der Waals surface area (Å²) in [5.74, 6) is 3.26. The monoisotopic (exact) mass is 651 g/mol. The molecule has 4 heterocycles. The number of nitrogens with zero attached hydrogens (tertiary/aromatic N) is 2. The van der Waals surface area contributed by atoms with Crippen molar-refractivity contribution in [3.8, 4) is 17.2 Å². The molecule has 254 valence electrons. The Labute approximate surface area is 275 Å². The van der Waals surface area contributed by atoms with E-state index in [1.807, 2.05) is 56.3 Å². The van der Waals surface area contributed by atoms with E-state index in [-0.39, 0.29) is 19.0 Å². The number of fused-ring (bicyclic) bond motifs is 2. The summed E-state index contributed by atoms with van der Waals surface area (Å²) in [5, 5.41) is 18.7. The van der Waals surface area contributed by atoms with Gasteiger partial charge >= 0.3 is 6.09 Å². The van der Waals surface area contributed by atoms with Gasteiger partial charge in [-0.05, 0) is 68.0 Å². The van der Waals surface area contributed by atoms with Gasteiger partial charge in [0.05, 0.1) is 42.5 Å². The van der Waals surface area contributed by atoms with Crippen LogP contribution in [0.3, 0.4) is 0 Å². The summed E-state index contributed by atoms with van der Waals surface area (Å²) in [4.78, 5) is 15.4. The van der Waals surface area contributed by atoms with E-state index in [0.717, 1.165) is 52.6 Å². The van der Waals surface area contributed by atoms with Crippen LogP contribution in [0.1, 0.15) is 48.4 Å². The Morgan fingerprint density at radius 1 is 1.06 bits per heavy atom. The smallest absolute Gasteiger partial charge is 0.407 e. The van der Waals surface area contributed by atoms with Gasteiger partial charge in [0.15, 0.2) is 17.8 Å². The van der Waals surface area contributed by atoms with Crippen LogP contribution >= 0.6 is 0 Å². The summed E-state index contributed by atoms with van der Waals surface area (Å²) in [6.07, 6.45) is -1.03. The van der Waals surface area contributed by atoms with Gasteiger partial charge in [-0.15, -0.1) is 0 Å². The molecule has 1 amide bonds. The summed E-state index contributed by atoms with van der Waals surface area (Å²) in [6, 6.07) is 12.9. The van der Waals surface area contributed by atoms with Gasteiger partial charge in [0.2, 0.25) is 6.79 Å². The zero-order chi connectivity index (χ0) is 32.9. The van der Waals surface area contributed by atoms with Gasteiger partial charge in [-0.1, -0.05) is 37.2 Å². The second-order valence-corrected chi connectivity index (χ2v) is 13.0. The summed E-state index contributed by atoms with van der Waals surface area (Å²) in [6.45, 7) is 11.2. The van der Waals surface area contributed by atoms with Crippen molar-refractivity contribution in [1.82, 2.24) is 15.4 Å². The lowest BCUT2D eigenvalue weighted by Gasteiger charge is -2.31. The van der Waals surface area contributed by atoms with Gasteiger partial charge in [-0.3, -0.25) is 4.90 Å². The van der Waals surface area contributed by atoms with E-state index in [1.165, 1.54) is 0 Å². The number of ether oxygens (including phenoxy) is 6. The van der Waals surface area contributed by atoms with E-state index >= 15 is 0 Å². The van der Waals surface area contributed by atoms with Crippen molar-refractivity contribution < 1.29 is 42.8 Å². The van der Waals surface area contributed by atoms with E-state index in [1.54, 1.807) is 0 Å². The maximum atomic E-state index is 13.2. The SMILES string of the molecule is Cc1noc(C)c1COc1ccc(CC(NC(=O)OC2COC3OCCC23)C(O)CN(Cc2ccc3c(c2)OCO3)CC(C)C)cc1. The summed E-state index contributed by atoms with van der Waals surface area (Å²) in [7, 11) is 0. The van der Waals surface area contributed by atoms with Gasteiger partial charge in [-0.25, -0.2) is 4.79 Å². The molecule has 0 saturated carbocycles. The van der Waals surface area contributed by atoms with Gasteiger partial charge in [0.25, 0.3) is 0 Å². The van der Waals surface area contributed by atoms with Crippen molar-refractivity contribution in [2.45, 2.75) is 78.2 Å². The number of nitrogens with one attached hydrogen (secondary N) is 1. The van der Waals surface area contributed by atoms with Crippen LogP contribution in [0.4, 0.5) is 4.79 Å². The number of aromatic nitrogens is 1. The lowest BCUT2D eigenvalue weighted by Crippen LogP contribution is -2.50. The minimum absolute atomic E-state index is 0.0188. The highest BCUT2D eigenvalue weighted by Crippen LogP contribution is 2.34. The Morgan fingerprint density at radius 3 is 2.62 bits per heavy atom. The van der Waals surface area contributed by atoms with Crippen LogP contribution in [0, 0.1) is 25.7 Å². The number of rotatable bonds is 14. The molecule has 0 aliphatic carbocycles. The molecular weight excluding hydrogens is 606 g/mol. The number of amides is 1. The molecule has 0 spiro atoms. The molecule has 2 saturated heterocycles. The fourth-order valence-corrected chi connectivity index (χ4v) is 6.40. The number of alkyl carbamates (subject to hydrolysis) is 1. The van der Waals surface area contributed by atoms with Gasteiger partial charge < -0.3 is 43.4 Å². The van der Waals surface area contributed by atoms with E-state index in [4.69, 9.17) is 32.9 Å². The lowest BCUT2D eigenvalue weighted by atomic mass is 10.00. The fourth-order valence-electron chi connectivity index (χ4n) is 6.40. The third-order valence-corrected chi connectivity index (χ3v) is 8.87. The maximum absolute atomic E-state index is 13.2. The van der Waals surface area contributed by atoms with E-state index in [2.05, 4.69) is 29.2 Å². The average Bonchev–Trinajstić information content (AvgIpc) is 3.83. The Bertz CT molecular complexity index is 1470. The first kappa shape index (κ1) is 33.1. The largest absolute Gasteiger partial charge is 0.489 e. The highest BCUT2D eigenvalue weighted by Gasteiger charge is 2.44. The molecule has 1 aromatic heterocycles. The number of aryl methyl sites for hydroxylation is 2. The molecule has 47 heavy (non-hydrogen) atoms. The standard InChI is InChI=1S/C35H45N3O9/c1-21(2)15-38(16-25-7-10-31-32(14-25)45-20-44-31)17-30(39)29(36-35(40)46-33-19-43-34-27(33)11-12-41-34)13-24-5-8-26(9-6-24)42-18-28-22(3)37-47-23(28)4/h5-10,14,21,27,29-30,33-34,39H,11-13,15-20H2,1-4H3,(H,36,40). The Morgan fingerprint density at radius 2 is 1.85 bits per heavy atom. The predicted molar refractivity (Wildman–Crippen MR) is 170 cm³/mol. The molecule has 2 fully saturated rings. The van der Waals surface area contributed by atoms with Crippen LogP contribution in [0.2, 0.25) is 0 Å². The molecule has 5 atom stereocenters. The molecular formula is C35H45N3O9. The highest BCUT2D eigenvalue weighted by atomic mass is 16.7. The molecule has 3 aromatic rings. The average molecular weight is 652 g/mol. The summed E-state index contributed by atoms with van der Waals surface area (Å²) in [5.41, 5.74) is 3.71. The van der Waals surface area contributed by atoms with Crippen molar-refractivity contribution in [2.75, 3.05) is 33.1 Å². The zero-order valence-corrected chi connectivity index (χ0v) is 27.5. The van der Waals surface area contributed by atoms with Crippen LogP contribution in [0.25, 0.3) is 0 Å². The van der Waals surface area contributed by atoms with Gasteiger partial charge in [-0.2, -0.15) is 0 Å². The number of hydrogen-bond donors (Lipinski definition) is 2. The van der Waals surface area contributed by atoms with E-state index in [0.29, 0.717) is 51.0 Å². The second-order valence-electron chi connectivity index (χ2n) is 13.0. The molecule has 6 rings (SSSR count). The number of aliphatic hydroxyl groups excluding tert-OH is 1. The number of benzene rings is 2. The third kappa shape index (κ3) is 8.36. The third-order valence-electron chi connectivity index (χ3n) is 8.87. The van der Waals surface area contributed by atoms with Crippen LogP contribution in [0.5, 0.6) is 17.2 Å². The van der Waals surface area contributed by atoms with E-state index in [9.17, 15) is 9.90 Å². The molecule has 0 bridgehead atoms. The van der Waals surface area contributed by atoms with Crippen molar-refractivity contribution >= 4 is 6.09 Å². The molecule has 0 radical (unpaired) electrons. The van der Waals surface area contributed by atoms with E-state index < -0.39 is 24.3 Å². The Kier molecular flexibility index (Phi) is 10.5. The van der Waals surface area contributed by atoms with Crippen molar-refractivity contribution in [3.05, 3.63) is 70.6 Å². The van der Waals surface area contributed by atoms with Crippen LogP contribution in [-0.2, 0) is 33.8 Å². The Hall–Kier alpha value is -3.84. The molecule has 3 aliphatic heterocycles. The minimum atomic E-state index is -0.895. The second kappa shape index (κ2) is 14.9. The molecule has 12 nitrogen and oxygen atoms in total. The zero-order valence-electron chi connectivity index (χ0n) is 27.5. The topological polar surface area (TPSA) is 134 Å². The highest BCUT2D eigenvalue weighted by molar-refractivity contribution is 5.68. The number of hydrogen-bond acceptors (Lipinski definition) is 11. The van der Waals surface area contributed by atoms with Crippen molar-refractivity contribution in [2.24, 2.45) is 11.8 Å². The van der Waals surface area contributed by atoms with Crippen LogP contribution < -0.4 is 19.5 Å². The number of carbonyl (C=O) groups excluding carboxylic acids is 1. The quantitative estimate of drug-likeness (QED) is 0.255. The minimum Gasteiger partial charge on any atom is -0.489 e. The first-order valence-electron chi connectivity index (χ1n) is 16.3. The summed E-state index contributed by atoms with van der Waals surface area (Å²) >= 11 is 0. The maximum Gasteiger partial charge on any atom is 0.407 e. The molecule has 2 N–H and O–H groups in total. The molecule has 2 aromatic carbocycles. The fraction of sp³-hybridized carbons (Fsp3) is 0.543. The number of carbonyl (C=O) groups is 1. The van der Waals surface area contributed by atoms with Crippen molar-refractivity contribution in [3.63, 3.8) is 0 Å². The van der Waals surface area contributed by atoms with Crippen LogP contribution in [-0.4, -0.2) is 78.9 Å². The first-order chi connectivity index (χ1) is 22.7. The molecule has 3 aliphatic rings. The molecule has 12 heteroatoms. The lowest BCUT2D eigenvalue weighted by molar-refractivity contribution is -0.0907. The van der Waals surface area contributed by atoms with Crippen molar-refractivity contribution in [1.29, 1.82) is 0 Å². The Balaban J connectivity index is 1.13. The number of aliphatic hydroxyl groups is 1. The van der Waals surface area contributed by atoms with Gasteiger partial charge in [0, 0.05) is 19.6 Å². The summed E-state index contributed by atoms with van der Waals surface area (Å²) < 4.78 is 39.3. The first-order valence-corrected chi connectivity index (χ1v) is 16.3. The molecule has 5 unspecified atom stereocenters. The predicted octanol–water partition coefficient (Wildman–Crippen LogP) is 4.52. The normalized spacial score (nSPS) is 21.2. The van der Waals surface area contributed by atoms with Gasteiger partial charge in [0.1, 0.15) is 24.2 Å². The van der Waals surface area contributed by atoms with Crippen LogP contribution in [0.15, 0.2) is 47.0 Å².